The van der Waals surface area contributed by atoms with Crippen LogP contribution in [0.2, 0.25) is 0 Å². The summed E-state index contributed by atoms with van der Waals surface area (Å²) in [6.45, 7) is 1.88. The van der Waals surface area contributed by atoms with E-state index in [1.54, 1.807) is 65.3 Å². The molecule has 0 aliphatic carbocycles. The van der Waals surface area contributed by atoms with E-state index in [9.17, 15) is 20.1 Å². The van der Waals surface area contributed by atoms with E-state index >= 15 is 0 Å². The standard InChI is InChI=1S/C23H19N3O4/c1-2-14-13-15(11-12-16(14)23(29)30)26-22(18-8-4-6-10-20(18)28)24-21(25-26)17-7-3-5-9-19(17)27/h3-13,27-28H,2H2,1H3,(H,29,30). The zero-order valence-electron chi connectivity index (χ0n) is 16.1. The fraction of sp³-hybridized carbons (Fsp3) is 0.0870. The number of benzene rings is 3. The zero-order valence-corrected chi connectivity index (χ0v) is 16.1. The predicted molar refractivity (Wildman–Crippen MR) is 112 cm³/mol. The molecule has 150 valence electrons. The van der Waals surface area contributed by atoms with E-state index in [1.165, 1.54) is 6.07 Å². The molecule has 1 heterocycles. The van der Waals surface area contributed by atoms with E-state index in [1.807, 2.05) is 6.92 Å². The van der Waals surface area contributed by atoms with Crippen molar-refractivity contribution in [1.29, 1.82) is 0 Å². The second kappa shape index (κ2) is 7.71. The van der Waals surface area contributed by atoms with Crippen molar-refractivity contribution in [2.75, 3.05) is 0 Å². The first kappa shape index (κ1) is 19.2. The Labute approximate surface area is 172 Å². The van der Waals surface area contributed by atoms with E-state index in [0.717, 1.165) is 0 Å². The van der Waals surface area contributed by atoms with Crippen LogP contribution < -0.4 is 0 Å². The van der Waals surface area contributed by atoms with Crippen LogP contribution in [0.1, 0.15) is 22.8 Å². The molecule has 4 aromatic rings. The molecule has 3 aromatic carbocycles. The summed E-state index contributed by atoms with van der Waals surface area (Å²) in [7, 11) is 0. The summed E-state index contributed by atoms with van der Waals surface area (Å²) in [6.07, 6.45) is 0.530. The normalized spacial score (nSPS) is 10.8. The van der Waals surface area contributed by atoms with E-state index in [4.69, 9.17) is 0 Å². The Morgan fingerprint density at radius 3 is 2.17 bits per heavy atom. The van der Waals surface area contributed by atoms with Crippen molar-refractivity contribution in [1.82, 2.24) is 14.8 Å². The molecule has 0 spiro atoms. The number of aryl methyl sites for hydroxylation is 1. The first-order valence-corrected chi connectivity index (χ1v) is 9.40. The fourth-order valence-electron chi connectivity index (χ4n) is 3.32. The van der Waals surface area contributed by atoms with Crippen molar-refractivity contribution >= 4 is 5.97 Å². The number of aromatic carboxylic acids is 1. The minimum atomic E-state index is -0.993. The van der Waals surface area contributed by atoms with Gasteiger partial charge in [-0.2, -0.15) is 0 Å². The number of phenolic OH excluding ortho intramolecular Hbond substituents is 2. The average molecular weight is 401 g/mol. The lowest BCUT2D eigenvalue weighted by molar-refractivity contribution is 0.0695. The summed E-state index contributed by atoms with van der Waals surface area (Å²) in [5.41, 5.74) is 2.40. The van der Waals surface area contributed by atoms with Gasteiger partial charge in [0.1, 0.15) is 11.5 Å². The van der Waals surface area contributed by atoms with Crippen LogP contribution >= 0.6 is 0 Å². The number of carbonyl (C=O) groups is 1. The molecule has 0 radical (unpaired) electrons. The summed E-state index contributed by atoms with van der Waals surface area (Å²) in [5, 5.41) is 34.6. The first-order chi connectivity index (χ1) is 14.5. The van der Waals surface area contributed by atoms with Crippen molar-refractivity contribution in [2.24, 2.45) is 0 Å². The molecule has 3 N–H and O–H groups in total. The Kier molecular flexibility index (Phi) is 4.93. The summed E-state index contributed by atoms with van der Waals surface area (Å²) in [5.74, 6) is -0.266. The largest absolute Gasteiger partial charge is 0.507 e. The topological polar surface area (TPSA) is 108 Å². The number of nitrogens with zero attached hydrogens (tertiary/aromatic N) is 3. The lowest BCUT2D eigenvalue weighted by Crippen LogP contribution is -2.05. The maximum absolute atomic E-state index is 11.5. The highest BCUT2D eigenvalue weighted by Gasteiger charge is 2.20. The average Bonchev–Trinajstić information content (AvgIpc) is 3.18. The molecule has 0 aliphatic heterocycles. The van der Waals surface area contributed by atoms with Crippen molar-refractivity contribution in [3.63, 3.8) is 0 Å². The molecular formula is C23H19N3O4. The van der Waals surface area contributed by atoms with E-state index in [-0.39, 0.29) is 22.9 Å². The Hall–Kier alpha value is -4.13. The van der Waals surface area contributed by atoms with Crippen molar-refractivity contribution in [3.8, 4) is 40.0 Å². The van der Waals surface area contributed by atoms with Gasteiger partial charge < -0.3 is 15.3 Å². The molecule has 30 heavy (non-hydrogen) atoms. The Morgan fingerprint density at radius 2 is 1.57 bits per heavy atom. The summed E-state index contributed by atoms with van der Waals surface area (Å²) < 4.78 is 1.54. The van der Waals surface area contributed by atoms with E-state index in [0.29, 0.717) is 34.6 Å². The third kappa shape index (κ3) is 3.37. The van der Waals surface area contributed by atoms with Gasteiger partial charge in [-0.05, 0) is 54.4 Å². The van der Waals surface area contributed by atoms with Gasteiger partial charge in [0.15, 0.2) is 11.6 Å². The van der Waals surface area contributed by atoms with Crippen LogP contribution in [-0.4, -0.2) is 36.1 Å². The fourth-order valence-corrected chi connectivity index (χ4v) is 3.32. The lowest BCUT2D eigenvalue weighted by Gasteiger charge is -2.10. The maximum Gasteiger partial charge on any atom is 0.335 e. The third-order valence-electron chi connectivity index (χ3n) is 4.84. The number of carboxylic acids is 1. The molecule has 1 aromatic heterocycles. The van der Waals surface area contributed by atoms with Crippen LogP contribution in [0.15, 0.2) is 66.7 Å². The smallest absolute Gasteiger partial charge is 0.335 e. The van der Waals surface area contributed by atoms with Crippen LogP contribution in [-0.2, 0) is 6.42 Å². The molecule has 0 atom stereocenters. The van der Waals surface area contributed by atoms with Gasteiger partial charge >= 0.3 is 5.97 Å². The second-order valence-corrected chi connectivity index (χ2v) is 6.71. The third-order valence-corrected chi connectivity index (χ3v) is 4.84. The molecule has 7 nitrogen and oxygen atoms in total. The van der Waals surface area contributed by atoms with Gasteiger partial charge in [0, 0.05) is 0 Å². The number of phenols is 2. The molecule has 0 saturated carbocycles. The van der Waals surface area contributed by atoms with Crippen LogP contribution in [0.25, 0.3) is 28.5 Å². The van der Waals surface area contributed by atoms with Gasteiger partial charge in [-0.15, -0.1) is 5.10 Å². The Bertz CT molecular complexity index is 1250. The predicted octanol–water partition coefficient (Wildman–Crippen LogP) is 4.27. The van der Waals surface area contributed by atoms with Crippen LogP contribution in [0.3, 0.4) is 0 Å². The van der Waals surface area contributed by atoms with Gasteiger partial charge in [0.25, 0.3) is 0 Å². The van der Waals surface area contributed by atoms with Crippen molar-refractivity contribution in [3.05, 3.63) is 77.9 Å². The Morgan fingerprint density at radius 1 is 0.933 bits per heavy atom. The number of hydrogen-bond acceptors (Lipinski definition) is 5. The molecule has 0 unspecified atom stereocenters. The number of aromatic nitrogens is 3. The van der Waals surface area contributed by atoms with Gasteiger partial charge in [0.05, 0.1) is 22.4 Å². The van der Waals surface area contributed by atoms with E-state index in [2.05, 4.69) is 10.1 Å². The molecule has 0 fully saturated rings. The maximum atomic E-state index is 11.5. The van der Waals surface area contributed by atoms with Crippen molar-refractivity contribution in [2.45, 2.75) is 13.3 Å². The lowest BCUT2D eigenvalue weighted by atomic mass is 10.0. The highest BCUT2D eigenvalue weighted by Crippen LogP contribution is 2.33. The van der Waals surface area contributed by atoms with E-state index < -0.39 is 5.97 Å². The van der Waals surface area contributed by atoms with Gasteiger partial charge in [-0.3, -0.25) is 0 Å². The van der Waals surface area contributed by atoms with Crippen LogP contribution in [0.5, 0.6) is 11.5 Å². The molecule has 4 rings (SSSR count). The molecular weight excluding hydrogens is 382 g/mol. The summed E-state index contributed by atoms with van der Waals surface area (Å²) in [4.78, 5) is 16.1. The summed E-state index contributed by atoms with van der Waals surface area (Å²) >= 11 is 0. The van der Waals surface area contributed by atoms with Gasteiger partial charge in [0.2, 0.25) is 0 Å². The van der Waals surface area contributed by atoms with Gasteiger partial charge in [-0.1, -0.05) is 31.2 Å². The summed E-state index contributed by atoms with van der Waals surface area (Å²) in [6, 6.07) is 18.4. The monoisotopic (exact) mass is 401 g/mol. The minimum Gasteiger partial charge on any atom is -0.507 e. The highest BCUT2D eigenvalue weighted by molar-refractivity contribution is 5.89. The number of carboxylic acid groups (broad SMARTS) is 1. The molecule has 0 bridgehead atoms. The van der Waals surface area contributed by atoms with Gasteiger partial charge in [-0.25, -0.2) is 14.5 Å². The highest BCUT2D eigenvalue weighted by atomic mass is 16.4. The molecule has 7 heteroatoms. The number of aromatic hydroxyl groups is 2. The van der Waals surface area contributed by atoms with Crippen LogP contribution in [0.4, 0.5) is 0 Å². The van der Waals surface area contributed by atoms with Crippen molar-refractivity contribution < 1.29 is 20.1 Å². The molecule has 0 amide bonds. The van der Waals surface area contributed by atoms with Crippen LogP contribution in [0, 0.1) is 0 Å². The SMILES string of the molecule is CCc1cc(-n2nc(-c3ccccc3O)nc2-c2ccccc2O)ccc1C(=O)O. The number of hydrogen-bond donors (Lipinski definition) is 3. The number of para-hydroxylation sites is 2. The number of rotatable bonds is 5. The Balaban J connectivity index is 1.96. The zero-order chi connectivity index (χ0) is 21.3. The quantitative estimate of drug-likeness (QED) is 0.461. The minimum absolute atomic E-state index is 0.0351. The second-order valence-electron chi connectivity index (χ2n) is 6.71. The first-order valence-electron chi connectivity index (χ1n) is 9.40. The molecule has 0 saturated heterocycles. The molecule has 0 aliphatic rings.